The number of rotatable bonds is 2. The molecule has 0 unspecified atom stereocenters. The smallest absolute Gasteiger partial charge is 0.0160 e. The molecule has 1 aliphatic rings. The number of nitrogens with zero attached hydrogens (tertiary/aromatic N) is 2. The summed E-state index contributed by atoms with van der Waals surface area (Å²) in [4.78, 5) is 8.65. The SMILES string of the molecule is CC1(C)c2c[c-]c(-c3ccccn3)cc2-c2ccccc21.[Ir].[c-]1ccccc1-c1ccccn1. The van der Waals surface area contributed by atoms with E-state index in [0.29, 0.717) is 0 Å². The van der Waals surface area contributed by atoms with E-state index in [1.165, 1.54) is 22.3 Å². The van der Waals surface area contributed by atoms with Crippen molar-refractivity contribution >= 4 is 0 Å². The van der Waals surface area contributed by atoms with E-state index in [9.17, 15) is 0 Å². The molecule has 6 rings (SSSR count). The first-order chi connectivity index (χ1) is 16.1. The summed E-state index contributed by atoms with van der Waals surface area (Å²) in [6, 6.07) is 39.3. The predicted molar refractivity (Wildman–Crippen MR) is 135 cm³/mol. The van der Waals surface area contributed by atoms with Crippen molar-refractivity contribution in [1.29, 1.82) is 0 Å². The Bertz CT molecular complexity index is 1330. The van der Waals surface area contributed by atoms with Gasteiger partial charge in [0.25, 0.3) is 0 Å². The van der Waals surface area contributed by atoms with E-state index in [1.807, 2.05) is 66.9 Å². The van der Waals surface area contributed by atoms with Crippen LogP contribution in [0.3, 0.4) is 0 Å². The van der Waals surface area contributed by atoms with Crippen LogP contribution in [0, 0.1) is 12.1 Å². The summed E-state index contributed by atoms with van der Waals surface area (Å²) in [6.45, 7) is 4.57. The van der Waals surface area contributed by atoms with Crippen molar-refractivity contribution < 1.29 is 20.1 Å². The van der Waals surface area contributed by atoms with Gasteiger partial charge in [0.15, 0.2) is 0 Å². The molecule has 0 saturated heterocycles. The third-order valence-electron chi connectivity index (χ3n) is 6.11. The number of benzene rings is 3. The Morgan fingerprint density at radius 2 is 1.26 bits per heavy atom. The molecule has 0 N–H and O–H groups in total. The minimum absolute atomic E-state index is 0. The summed E-state index contributed by atoms with van der Waals surface area (Å²) < 4.78 is 0. The molecule has 0 atom stereocenters. The predicted octanol–water partition coefficient (Wildman–Crippen LogP) is 7.40. The zero-order valence-electron chi connectivity index (χ0n) is 19.1. The fraction of sp³-hybridized carbons (Fsp3) is 0.0968. The van der Waals surface area contributed by atoms with Crippen LogP contribution in [-0.4, -0.2) is 9.97 Å². The molecule has 169 valence electrons. The minimum Gasteiger partial charge on any atom is -0.305 e. The Balaban J connectivity index is 0.000000180. The van der Waals surface area contributed by atoms with E-state index in [2.05, 4.69) is 72.3 Å². The maximum Gasteiger partial charge on any atom is 0.0160 e. The van der Waals surface area contributed by atoms with E-state index in [1.54, 1.807) is 6.20 Å². The van der Waals surface area contributed by atoms with Crippen molar-refractivity contribution in [2.45, 2.75) is 19.3 Å². The molecule has 34 heavy (non-hydrogen) atoms. The molecular weight excluding hydrogens is 593 g/mol. The van der Waals surface area contributed by atoms with E-state index >= 15 is 0 Å². The van der Waals surface area contributed by atoms with Crippen molar-refractivity contribution in [2.24, 2.45) is 0 Å². The molecule has 2 aromatic heterocycles. The Morgan fingerprint density at radius 1 is 0.618 bits per heavy atom. The molecule has 0 amide bonds. The second kappa shape index (κ2) is 10.3. The van der Waals surface area contributed by atoms with Gasteiger partial charge < -0.3 is 9.97 Å². The number of aromatic nitrogens is 2. The van der Waals surface area contributed by atoms with Crippen LogP contribution in [0.5, 0.6) is 0 Å². The normalized spacial score (nSPS) is 12.4. The van der Waals surface area contributed by atoms with Gasteiger partial charge in [-0.25, -0.2) is 0 Å². The van der Waals surface area contributed by atoms with Gasteiger partial charge in [-0.15, -0.1) is 65.2 Å². The van der Waals surface area contributed by atoms with Crippen LogP contribution in [0.25, 0.3) is 33.6 Å². The van der Waals surface area contributed by atoms with Crippen molar-refractivity contribution in [3.63, 3.8) is 0 Å². The maximum absolute atomic E-state index is 4.44. The number of hydrogen-bond donors (Lipinski definition) is 0. The van der Waals surface area contributed by atoms with Gasteiger partial charge in [-0.1, -0.05) is 67.9 Å². The monoisotopic (exact) mass is 617 g/mol. The summed E-state index contributed by atoms with van der Waals surface area (Å²) in [5, 5.41) is 0. The van der Waals surface area contributed by atoms with E-state index in [0.717, 1.165) is 22.5 Å². The Labute approximate surface area is 215 Å². The zero-order valence-corrected chi connectivity index (χ0v) is 21.5. The first-order valence-corrected chi connectivity index (χ1v) is 11.1. The molecule has 3 aromatic carbocycles. The number of pyridine rings is 2. The van der Waals surface area contributed by atoms with Crippen LogP contribution in [0.4, 0.5) is 0 Å². The second-order valence-corrected chi connectivity index (χ2v) is 8.55. The molecule has 3 heteroatoms. The molecule has 0 aliphatic heterocycles. The molecule has 0 bridgehead atoms. The molecule has 0 fully saturated rings. The van der Waals surface area contributed by atoms with Gasteiger partial charge in [0, 0.05) is 32.5 Å². The Hall–Kier alpha value is -3.39. The largest absolute Gasteiger partial charge is 0.305 e. The average molecular weight is 617 g/mol. The van der Waals surface area contributed by atoms with E-state index in [4.69, 9.17) is 0 Å². The van der Waals surface area contributed by atoms with Crippen molar-refractivity contribution in [1.82, 2.24) is 9.97 Å². The first kappa shape index (κ1) is 23.8. The van der Waals surface area contributed by atoms with Crippen molar-refractivity contribution in [2.75, 3.05) is 0 Å². The van der Waals surface area contributed by atoms with Crippen LogP contribution >= 0.6 is 0 Å². The molecule has 5 aromatic rings. The van der Waals surface area contributed by atoms with Crippen LogP contribution in [-0.2, 0) is 25.5 Å². The first-order valence-electron chi connectivity index (χ1n) is 11.1. The van der Waals surface area contributed by atoms with Gasteiger partial charge >= 0.3 is 0 Å². The van der Waals surface area contributed by atoms with Gasteiger partial charge in [0.2, 0.25) is 0 Å². The molecule has 0 saturated carbocycles. The maximum atomic E-state index is 4.44. The summed E-state index contributed by atoms with van der Waals surface area (Å²) in [5.74, 6) is 0. The fourth-order valence-electron chi connectivity index (χ4n) is 4.38. The summed E-state index contributed by atoms with van der Waals surface area (Å²) in [5.41, 5.74) is 9.49. The van der Waals surface area contributed by atoms with Crippen LogP contribution in [0.1, 0.15) is 25.0 Å². The quantitative estimate of drug-likeness (QED) is 0.193. The Morgan fingerprint density at radius 3 is 1.91 bits per heavy atom. The van der Waals surface area contributed by atoms with Gasteiger partial charge in [-0.05, 0) is 40.1 Å². The molecule has 1 aliphatic carbocycles. The van der Waals surface area contributed by atoms with E-state index in [-0.39, 0.29) is 25.5 Å². The molecule has 2 nitrogen and oxygen atoms in total. The molecule has 1 radical (unpaired) electrons. The topological polar surface area (TPSA) is 25.8 Å². The van der Waals surface area contributed by atoms with Crippen LogP contribution < -0.4 is 0 Å². The van der Waals surface area contributed by atoms with Gasteiger partial charge in [0.1, 0.15) is 0 Å². The summed E-state index contributed by atoms with van der Waals surface area (Å²) >= 11 is 0. The molecule has 0 spiro atoms. The van der Waals surface area contributed by atoms with Crippen molar-refractivity contribution in [3.8, 4) is 33.6 Å². The standard InChI is InChI=1S/C20H16N.C11H8N.Ir/c1-20(2)17-8-4-3-7-15(17)16-13-14(10-11-18(16)20)19-9-5-6-12-21-19;1-2-6-10(7-3-1)11-8-4-5-9-12-11;/h3-9,11-13H,1-2H3;1-6,8-9H;/q2*-1;. The van der Waals surface area contributed by atoms with Crippen molar-refractivity contribution in [3.05, 3.63) is 133 Å². The van der Waals surface area contributed by atoms with Gasteiger partial charge in [0.05, 0.1) is 0 Å². The second-order valence-electron chi connectivity index (χ2n) is 8.55. The van der Waals surface area contributed by atoms with Gasteiger partial charge in [-0.2, -0.15) is 0 Å². The third kappa shape index (κ3) is 4.63. The molecular formula is C31H24IrN2-2. The minimum atomic E-state index is 0. The average Bonchev–Trinajstić information content (AvgIpc) is 3.12. The summed E-state index contributed by atoms with van der Waals surface area (Å²) in [6.07, 6.45) is 3.62. The summed E-state index contributed by atoms with van der Waals surface area (Å²) in [7, 11) is 0. The number of fused-ring (bicyclic) bond motifs is 3. The Kier molecular flexibility index (Phi) is 7.17. The van der Waals surface area contributed by atoms with Crippen LogP contribution in [0.2, 0.25) is 0 Å². The third-order valence-corrected chi connectivity index (χ3v) is 6.11. The van der Waals surface area contributed by atoms with E-state index < -0.39 is 0 Å². The number of hydrogen-bond acceptors (Lipinski definition) is 2. The van der Waals surface area contributed by atoms with Crippen LogP contribution in [0.15, 0.2) is 109 Å². The van der Waals surface area contributed by atoms with Gasteiger partial charge in [-0.3, -0.25) is 0 Å². The zero-order chi connectivity index (χ0) is 22.7. The molecule has 2 heterocycles. The fourth-order valence-corrected chi connectivity index (χ4v) is 4.38.